The first-order valence-electron chi connectivity index (χ1n) is 9.87. The van der Waals surface area contributed by atoms with Crippen molar-refractivity contribution in [2.45, 2.75) is 33.4 Å². The Kier molecular flexibility index (Phi) is 7.23. The van der Waals surface area contributed by atoms with E-state index in [0.29, 0.717) is 6.61 Å². The molecule has 2 aromatic carbocycles. The van der Waals surface area contributed by atoms with E-state index in [1.165, 1.54) is 0 Å². The van der Waals surface area contributed by atoms with Gasteiger partial charge in [-0.1, -0.05) is 18.2 Å². The van der Waals surface area contributed by atoms with E-state index in [1.807, 2.05) is 55.8 Å². The van der Waals surface area contributed by atoms with Crippen LogP contribution >= 0.6 is 0 Å². The SMILES string of the molecule is CCOCCNCc1cn(-c2ccccc2)nc1-c1ccc(OC(C)C)cc1. The van der Waals surface area contributed by atoms with Gasteiger partial charge in [-0.2, -0.15) is 5.10 Å². The zero-order valence-electron chi connectivity index (χ0n) is 16.9. The van der Waals surface area contributed by atoms with E-state index < -0.39 is 0 Å². The van der Waals surface area contributed by atoms with E-state index in [1.54, 1.807) is 0 Å². The molecule has 0 unspecified atom stereocenters. The molecular weight excluding hydrogens is 350 g/mol. The van der Waals surface area contributed by atoms with Gasteiger partial charge in [0.25, 0.3) is 0 Å². The molecule has 1 heterocycles. The Labute approximate surface area is 167 Å². The zero-order chi connectivity index (χ0) is 19.8. The lowest BCUT2D eigenvalue weighted by atomic mass is 10.1. The third-order valence-corrected chi connectivity index (χ3v) is 4.25. The van der Waals surface area contributed by atoms with Gasteiger partial charge in [0.2, 0.25) is 0 Å². The van der Waals surface area contributed by atoms with Crippen molar-refractivity contribution in [2.75, 3.05) is 19.8 Å². The maximum atomic E-state index is 5.76. The van der Waals surface area contributed by atoms with Crippen LogP contribution in [0.4, 0.5) is 0 Å². The molecule has 0 saturated heterocycles. The first kappa shape index (κ1) is 20.1. The number of hydrogen-bond acceptors (Lipinski definition) is 4. The van der Waals surface area contributed by atoms with Crippen molar-refractivity contribution in [1.82, 2.24) is 15.1 Å². The predicted molar refractivity (Wildman–Crippen MR) is 113 cm³/mol. The maximum Gasteiger partial charge on any atom is 0.119 e. The van der Waals surface area contributed by atoms with Crippen molar-refractivity contribution >= 4 is 0 Å². The van der Waals surface area contributed by atoms with Gasteiger partial charge in [0.05, 0.1) is 24.1 Å². The largest absolute Gasteiger partial charge is 0.491 e. The molecule has 0 aliphatic heterocycles. The van der Waals surface area contributed by atoms with Crippen LogP contribution in [0.3, 0.4) is 0 Å². The maximum absolute atomic E-state index is 5.76. The topological polar surface area (TPSA) is 48.3 Å². The van der Waals surface area contributed by atoms with E-state index in [-0.39, 0.29) is 6.10 Å². The predicted octanol–water partition coefficient (Wildman–Crippen LogP) is 4.45. The van der Waals surface area contributed by atoms with Gasteiger partial charge in [-0.3, -0.25) is 0 Å². The minimum atomic E-state index is 0.160. The molecule has 0 aliphatic carbocycles. The fraction of sp³-hybridized carbons (Fsp3) is 0.348. The molecule has 3 rings (SSSR count). The summed E-state index contributed by atoms with van der Waals surface area (Å²) in [6, 6.07) is 18.3. The second-order valence-corrected chi connectivity index (χ2v) is 6.85. The van der Waals surface area contributed by atoms with E-state index in [4.69, 9.17) is 14.6 Å². The molecule has 0 amide bonds. The smallest absolute Gasteiger partial charge is 0.119 e. The summed E-state index contributed by atoms with van der Waals surface area (Å²) < 4.78 is 13.1. The van der Waals surface area contributed by atoms with Crippen LogP contribution in [0.2, 0.25) is 0 Å². The molecule has 0 radical (unpaired) electrons. The molecule has 148 valence electrons. The molecule has 0 spiro atoms. The molecule has 0 saturated carbocycles. The Hall–Kier alpha value is -2.63. The summed E-state index contributed by atoms with van der Waals surface area (Å²) in [6.45, 7) is 9.06. The van der Waals surface area contributed by atoms with Gasteiger partial charge in [-0.05, 0) is 57.2 Å². The van der Waals surface area contributed by atoms with Gasteiger partial charge in [0.15, 0.2) is 0 Å². The van der Waals surface area contributed by atoms with Crippen LogP contribution in [0.5, 0.6) is 5.75 Å². The summed E-state index contributed by atoms with van der Waals surface area (Å²) in [5, 5.41) is 8.31. The second-order valence-electron chi connectivity index (χ2n) is 6.85. The molecule has 1 N–H and O–H groups in total. The first-order chi connectivity index (χ1) is 13.7. The third kappa shape index (κ3) is 5.44. The van der Waals surface area contributed by atoms with Crippen molar-refractivity contribution in [3.63, 3.8) is 0 Å². The fourth-order valence-corrected chi connectivity index (χ4v) is 2.97. The molecule has 28 heavy (non-hydrogen) atoms. The highest BCUT2D eigenvalue weighted by atomic mass is 16.5. The van der Waals surface area contributed by atoms with E-state index >= 15 is 0 Å². The van der Waals surface area contributed by atoms with Gasteiger partial charge in [-0.25, -0.2) is 4.68 Å². The summed E-state index contributed by atoms with van der Waals surface area (Å²) >= 11 is 0. The van der Waals surface area contributed by atoms with Crippen molar-refractivity contribution in [1.29, 1.82) is 0 Å². The monoisotopic (exact) mass is 379 g/mol. The lowest BCUT2D eigenvalue weighted by Crippen LogP contribution is -2.19. The molecule has 0 fully saturated rings. The van der Waals surface area contributed by atoms with Crippen molar-refractivity contribution < 1.29 is 9.47 Å². The standard InChI is InChI=1S/C23H29N3O2/c1-4-27-15-14-24-16-20-17-26(21-8-6-5-7-9-21)25-23(20)19-10-12-22(13-11-19)28-18(2)3/h5-13,17-18,24H,4,14-16H2,1-3H3. The second kappa shape index (κ2) is 10.1. The normalized spacial score (nSPS) is 11.1. The van der Waals surface area contributed by atoms with Crippen molar-refractivity contribution in [3.8, 4) is 22.7 Å². The Bertz CT molecular complexity index is 842. The molecule has 5 nitrogen and oxygen atoms in total. The summed E-state index contributed by atoms with van der Waals surface area (Å²) in [5.41, 5.74) is 4.25. The Morgan fingerprint density at radius 2 is 1.79 bits per heavy atom. The summed E-state index contributed by atoms with van der Waals surface area (Å²) in [4.78, 5) is 0. The molecule has 0 aliphatic rings. The first-order valence-corrected chi connectivity index (χ1v) is 9.87. The summed E-state index contributed by atoms with van der Waals surface area (Å²) in [6.07, 6.45) is 2.25. The Morgan fingerprint density at radius 1 is 1.04 bits per heavy atom. The number of para-hydroxylation sites is 1. The Balaban J connectivity index is 1.83. The van der Waals surface area contributed by atoms with Crippen LogP contribution < -0.4 is 10.1 Å². The Morgan fingerprint density at radius 3 is 2.46 bits per heavy atom. The van der Waals surface area contributed by atoms with Gasteiger partial charge >= 0.3 is 0 Å². The van der Waals surface area contributed by atoms with Gasteiger partial charge in [-0.15, -0.1) is 0 Å². The van der Waals surface area contributed by atoms with E-state index in [9.17, 15) is 0 Å². The highest BCUT2D eigenvalue weighted by molar-refractivity contribution is 5.64. The molecule has 0 bridgehead atoms. The number of aromatic nitrogens is 2. The van der Waals surface area contributed by atoms with Crippen LogP contribution in [-0.4, -0.2) is 35.6 Å². The number of rotatable bonds is 10. The van der Waals surface area contributed by atoms with Crippen LogP contribution in [0.25, 0.3) is 16.9 Å². The molecule has 1 aromatic heterocycles. The average molecular weight is 380 g/mol. The number of nitrogens with one attached hydrogen (secondary N) is 1. The van der Waals surface area contributed by atoms with E-state index in [2.05, 4.69) is 35.8 Å². The quantitative estimate of drug-likeness (QED) is 0.529. The zero-order valence-corrected chi connectivity index (χ0v) is 16.9. The van der Waals surface area contributed by atoms with Crippen LogP contribution in [-0.2, 0) is 11.3 Å². The summed E-state index contributed by atoms with van der Waals surface area (Å²) in [7, 11) is 0. The number of hydrogen-bond donors (Lipinski definition) is 1. The van der Waals surface area contributed by atoms with E-state index in [0.717, 1.165) is 48.0 Å². The molecule has 5 heteroatoms. The summed E-state index contributed by atoms with van der Waals surface area (Å²) in [5.74, 6) is 0.873. The van der Waals surface area contributed by atoms with Gasteiger partial charge in [0, 0.05) is 37.0 Å². The minimum absolute atomic E-state index is 0.160. The van der Waals surface area contributed by atoms with Gasteiger partial charge < -0.3 is 14.8 Å². The molecule has 3 aromatic rings. The van der Waals surface area contributed by atoms with Crippen molar-refractivity contribution in [3.05, 3.63) is 66.4 Å². The lowest BCUT2D eigenvalue weighted by Gasteiger charge is -2.10. The number of ether oxygens (including phenoxy) is 2. The van der Waals surface area contributed by atoms with Gasteiger partial charge in [0.1, 0.15) is 5.75 Å². The van der Waals surface area contributed by atoms with Crippen molar-refractivity contribution in [2.24, 2.45) is 0 Å². The number of nitrogens with zero attached hydrogens (tertiary/aromatic N) is 2. The highest BCUT2D eigenvalue weighted by Gasteiger charge is 2.12. The van der Waals surface area contributed by atoms with Crippen LogP contribution in [0.1, 0.15) is 26.3 Å². The average Bonchev–Trinajstić information content (AvgIpc) is 3.13. The minimum Gasteiger partial charge on any atom is -0.491 e. The van der Waals surface area contributed by atoms with Crippen LogP contribution in [0.15, 0.2) is 60.8 Å². The lowest BCUT2D eigenvalue weighted by molar-refractivity contribution is 0.149. The highest BCUT2D eigenvalue weighted by Crippen LogP contribution is 2.26. The molecular formula is C23H29N3O2. The molecule has 0 atom stereocenters. The third-order valence-electron chi connectivity index (χ3n) is 4.25. The van der Waals surface area contributed by atoms with Crippen LogP contribution in [0, 0.1) is 0 Å². The fourth-order valence-electron chi connectivity index (χ4n) is 2.97. The number of benzene rings is 2.